The van der Waals surface area contributed by atoms with E-state index in [1.165, 1.54) is 19.5 Å². The highest BCUT2D eigenvalue weighted by atomic mass is 16.3. The fourth-order valence-corrected chi connectivity index (χ4v) is 2.22. The molecule has 1 rings (SSSR count). The van der Waals surface area contributed by atoms with Crippen LogP contribution >= 0.6 is 0 Å². The fourth-order valence-electron chi connectivity index (χ4n) is 2.22. The molecule has 0 spiro atoms. The summed E-state index contributed by atoms with van der Waals surface area (Å²) in [6.07, 6.45) is 1.12. The Morgan fingerprint density at radius 1 is 1.47 bits per heavy atom. The summed E-state index contributed by atoms with van der Waals surface area (Å²) >= 11 is 0. The van der Waals surface area contributed by atoms with Gasteiger partial charge in [0.1, 0.15) is 0 Å². The molecule has 1 aliphatic rings. The van der Waals surface area contributed by atoms with Crippen molar-refractivity contribution >= 4 is 0 Å². The first-order chi connectivity index (χ1) is 6.99. The molecule has 1 N–H and O–H groups in total. The van der Waals surface area contributed by atoms with Crippen LogP contribution in [0.1, 0.15) is 20.3 Å². The van der Waals surface area contributed by atoms with Crippen molar-refractivity contribution in [2.24, 2.45) is 11.8 Å². The third kappa shape index (κ3) is 4.49. The number of nitrogens with zero attached hydrogens (tertiary/aromatic N) is 2. The van der Waals surface area contributed by atoms with E-state index in [0.717, 1.165) is 19.0 Å². The predicted octanol–water partition coefficient (Wildman–Crippen LogP) is 0.887. The quantitative estimate of drug-likeness (QED) is 0.736. The zero-order valence-corrected chi connectivity index (χ0v) is 10.6. The van der Waals surface area contributed by atoms with Gasteiger partial charge in [0.15, 0.2) is 0 Å². The Morgan fingerprint density at radius 2 is 2.13 bits per heavy atom. The summed E-state index contributed by atoms with van der Waals surface area (Å²) in [6, 6.07) is 0. The van der Waals surface area contributed by atoms with Crippen LogP contribution in [0.15, 0.2) is 0 Å². The number of likely N-dealkylation sites (tertiary alicyclic amines) is 1. The lowest BCUT2D eigenvalue weighted by molar-refractivity contribution is 0.0809. The van der Waals surface area contributed by atoms with Crippen molar-refractivity contribution in [1.82, 2.24) is 9.80 Å². The Balaban J connectivity index is 2.21. The Kier molecular flexibility index (Phi) is 5.03. The summed E-state index contributed by atoms with van der Waals surface area (Å²) in [6.45, 7) is 8.50. The van der Waals surface area contributed by atoms with Crippen molar-refractivity contribution in [3.05, 3.63) is 0 Å². The van der Waals surface area contributed by atoms with Crippen LogP contribution in [-0.4, -0.2) is 61.3 Å². The summed E-state index contributed by atoms with van der Waals surface area (Å²) in [5.74, 6) is 1.15. The van der Waals surface area contributed by atoms with Crippen molar-refractivity contribution in [3.8, 4) is 0 Å². The molecule has 3 nitrogen and oxygen atoms in total. The van der Waals surface area contributed by atoms with E-state index >= 15 is 0 Å². The molecule has 1 saturated heterocycles. The molecule has 1 heterocycles. The summed E-state index contributed by atoms with van der Waals surface area (Å²) in [5.41, 5.74) is 0. The number of rotatable bonds is 5. The molecule has 0 saturated carbocycles. The molecular weight excluding hydrogens is 188 g/mol. The highest BCUT2D eigenvalue weighted by molar-refractivity contribution is 4.76. The number of hydrogen-bond donors (Lipinski definition) is 1. The van der Waals surface area contributed by atoms with Gasteiger partial charge < -0.3 is 14.9 Å². The molecule has 1 aliphatic heterocycles. The minimum Gasteiger partial charge on any atom is -0.392 e. The van der Waals surface area contributed by atoms with Crippen LogP contribution in [0.5, 0.6) is 0 Å². The van der Waals surface area contributed by atoms with Crippen LogP contribution in [0.2, 0.25) is 0 Å². The normalized spacial score (nSPS) is 25.4. The van der Waals surface area contributed by atoms with E-state index < -0.39 is 0 Å². The van der Waals surface area contributed by atoms with Crippen LogP contribution in [0.3, 0.4) is 0 Å². The average molecular weight is 214 g/mol. The first-order valence-electron chi connectivity index (χ1n) is 6.04. The molecule has 0 amide bonds. The Labute approximate surface area is 94.1 Å². The van der Waals surface area contributed by atoms with E-state index in [4.69, 9.17) is 0 Å². The Bertz CT molecular complexity index is 184. The molecule has 2 atom stereocenters. The molecule has 3 heteroatoms. The maximum atomic E-state index is 9.77. The summed E-state index contributed by atoms with van der Waals surface area (Å²) < 4.78 is 0. The van der Waals surface area contributed by atoms with Gasteiger partial charge in [0.2, 0.25) is 0 Å². The molecule has 0 radical (unpaired) electrons. The molecule has 2 unspecified atom stereocenters. The largest absolute Gasteiger partial charge is 0.392 e. The van der Waals surface area contributed by atoms with Crippen LogP contribution in [0.25, 0.3) is 0 Å². The van der Waals surface area contributed by atoms with Gasteiger partial charge in [-0.1, -0.05) is 13.8 Å². The second-order valence-electron chi connectivity index (χ2n) is 5.45. The summed E-state index contributed by atoms with van der Waals surface area (Å²) in [7, 11) is 4.30. The number of aliphatic hydroxyl groups is 1. The number of likely N-dealkylation sites (N-methyl/N-ethyl adjacent to an activating group) is 1. The monoisotopic (exact) mass is 214 g/mol. The molecule has 0 bridgehead atoms. The first kappa shape index (κ1) is 12.9. The smallest absolute Gasteiger partial charge is 0.0689 e. The van der Waals surface area contributed by atoms with Crippen molar-refractivity contribution in [1.29, 1.82) is 0 Å². The molecule has 1 fully saturated rings. The van der Waals surface area contributed by atoms with Gasteiger partial charge in [-0.3, -0.25) is 0 Å². The predicted molar refractivity (Wildman–Crippen MR) is 63.9 cm³/mol. The van der Waals surface area contributed by atoms with Gasteiger partial charge >= 0.3 is 0 Å². The minimum absolute atomic E-state index is 0.186. The summed E-state index contributed by atoms with van der Waals surface area (Å²) in [4.78, 5) is 4.66. The second-order valence-corrected chi connectivity index (χ2v) is 5.45. The first-order valence-corrected chi connectivity index (χ1v) is 6.04. The lowest BCUT2D eigenvalue weighted by Crippen LogP contribution is -2.36. The lowest BCUT2D eigenvalue weighted by atomic mass is 10.1. The van der Waals surface area contributed by atoms with E-state index in [-0.39, 0.29) is 6.10 Å². The lowest BCUT2D eigenvalue weighted by Gasteiger charge is -2.25. The van der Waals surface area contributed by atoms with Crippen LogP contribution in [0.4, 0.5) is 0 Å². The molecule has 15 heavy (non-hydrogen) atoms. The maximum Gasteiger partial charge on any atom is 0.0689 e. The number of aliphatic hydroxyl groups excluding tert-OH is 1. The second kappa shape index (κ2) is 5.83. The standard InChI is InChI=1S/C12H26N2O/c1-10(2)12(15)9-14(4)8-11-5-6-13(3)7-11/h10-12,15H,5-9H2,1-4H3. The average Bonchev–Trinajstić information content (AvgIpc) is 2.50. The van der Waals surface area contributed by atoms with E-state index in [0.29, 0.717) is 5.92 Å². The van der Waals surface area contributed by atoms with E-state index in [2.05, 4.69) is 37.7 Å². The van der Waals surface area contributed by atoms with Gasteiger partial charge in [-0.05, 0) is 38.9 Å². The van der Waals surface area contributed by atoms with Gasteiger partial charge in [0.25, 0.3) is 0 Å². The van der Waals surface area contributed by atoms with Gasteiger partial charge in [-0.25, -0.2) is 0 Å². The van der Waals surface area contributed by atoms with Crippen molar-refractivity contribution in [3.63, 3.8) is 0 Å². The third-order valence-corrected chi connectivity index (χ3v) is 3.33. The molecule has 90 valence electrons. The van der Waals surface area contributed by atoms with E-state index in [1.807, 2.05) is 0 Å². The number of hydrogen-bond acceptors (Lipinski definition) is 3. The van der Waals surface area contributed by atoms with Gasteiger partial charge in [0.05, 0.1) is 6.10 Å². The molecular formula is C12H26N2O. The van der Waals surface area contributed by atoms with Gasteiger partial charge in [0, 0.05) is 19.6 Å². The minimum atomic E-state index is -0.186. The van der Waals surface area contributed by atoms with Crippen molar-refractivity contribution < 1.29 is 5.11 Å². The highest BCUT2D eigenvalue weighted by Crippen LogP contribution is 2.15. The maximum absolute atomic E-state index is 9.77. The SMILES string of the molecule is CC(C)C(O)CN(C)CC1CCN(C)C1. The van der Waals surface area contributed by atoms with Gasteiger partial charge in [-0.2, -0.15) is 0 Å². The third-order valence-electron chi connectivity index (χ3n) is 3.33. The Hall–Kier alpha value is -0.120. The zero-order valence-electron chi connectivity index (χ0n) is 10.6. The van der Waals surface area contributed by atoms with Crippen molar-refractivity contribution in [2.75, 3.05) is 40.3 Å². The fraction of sp³-hybridized carbons (Fsp3) is 1.00. The van der Waals surface area contributed by atoms with Crippen LogP contribution < -0.4 is 0 Å². The van der Waals surface area contributed by atoms with Crippen LogP contribution in [0, 0.1) is 11.8 Å². The topological polar surface area (TPSA) is 26.7 Å². The van der Waals surface area contributed by atoms with Crippen molar-refractivity contribution in [2.45, 2.75) is 26.4 Å². The zero-order chi connectivity index (χ0) is 11.4. The Morgan fingerprint density at radius 3 is 2.60 bits per heavy atom. The molecule has 0 aromatic carbocycles. The van der Waals surface area contributed by atoms with E-state index in [1.54, 1.807) is 0 Å². The molecule has 0 aromatic rings. The summed E-state index contributed by atoms with van der Waals surface area (Å²) in [5, 5.41) is 9.77. The molecule has 0 aliphatic carbocycles. The van der Waals surface area contributed by atoms with Gasteiger partial charge in [-0.15, -0.1) is 0 Å². The van der Waals surface area contributed by atoms with E-state index in [9.17, 15) is 5.11 Å². The molecule has 0 aromatic heterocycles. The van der Waals surface area contributed by atoms with Crippen LogP contribution in [-0.2, 0) is 0 Å². The highest BCUT2D eigenvalue weighted by Gasteiger charge is 2.21.